The molecule has 0 N–H and O–H groups in total. The molecule has 2 aromatic heterocycles. The maximum Gasteiger partial charge on any atom is 0.296 e. The van der Waals surface area contributed by atoms with Crippen LogP contribution in [0.15, 0.2) is 100 Å². The van der Waals surface area contributed by atoms with Crippen LogP contribution < -0.4 is 15.1 Å². The van der Waals surface area contributed by atoms with Crippen LogP contribution in [0.2, 0.25) is 5.02 Å². The van der Waals surface area contributed by atoms with Crippen molar-refractivity contribution in [2.75, 3.05) is 4.90 Å². The Hall–Kier alpha value is -4.49. The fourth-order valence-corrected chi connectivity index (χ4v) is 4.64. The van der Waals surface area contributed by atoms with E-state index in [0.717, 1.165) is 11.6 Å². The van der Waals surface area contributed by atoms with Crippen LogP contribution in [0.4, 0.5) is 10.2 Å². The molecule has 0 aliphatic carbocycles. The maximum absolute atomic E-state index is 14.0. The molecule has 8 heteroatoms. The van der Waals surface area contributed by atoms with Crippen LogP contribution in [0.3, 0.4) is 0 Å². The minimum absolute atomic E-state index is 0.0644. The summed E-state index contributed by atoms with van der Waals surface area (Å²) in [4.78, 5) is 33.0. The quantitative estimate of drug-likeness (QED) is 0.276. The first kappa shape index (κ1) is 22.9. The smallest absolute Gasteiger partial charge is 0.296 e. The Labute approximate surface area is 215 Å². The molecular weight excluding hydrogens is 495 g/mol. The summed E-state index contributed by atoms with van der Waals surface area (Å²) in [5.41, 5.74) is 1.35. The third-order valence-electron chi connectivity index (χ3n) is 6.22. The normalized spacial score (nSPS) is 14.7. The Bertz CT molecular complexity index is 1700. The molecule has 1 aliphatic heterocycles. The van der Waals surface area contributed by atoms with Crippen molar-refractivity contribution in [1.82, 2.24) is 4.98 Å². The minimum atomic E-state index is -0.847. The van der Waals surface area contributed by atoms with Crippen LogP contribution in [0.25, 0.3) is 11.0 Å². The predicted octanol–water partition coefficient (Wildman–Crippen LogP) is 6.31. The first-order valence-electron chi connectivity index (χ1n) is 11.5. The Balaban J connectivity index is 1.47. The number of carbonyl (C=O) groups excluding carboxylic acids is 1. The first-order chi connectivity index (χ1) is 18.0. The molecule has 1 unspecified atom stereocenters. The number of fused-ring (bicyclic) bond motifs is 2. The van der Waals surface area contributed by atoms with Gasteiger partial charge in [-0.3, -0.25) is 14.5 Å². The van der Waals surface area contributed by atoms with Gasteiger partial charge in [0, 0.05) is 11.2 Å². The van der Waals surface area contributed by atoms with Gasteiger partial charge in [-0.1, -0.05) is 41.9 Å². The number of hydrogen-bond acceptors (Lipinski definition) is 5. The van der Waals surface area contributed by atoms with Crippen molar-refractivity contribution in [3.05, 3.63) is 135 Å². The third-order valence-corrected chi connectivity index (χ3v) is 6.47. The number of aromatic nitrogens is 1. The van der Waals surface area contributed by atoms with Crippen molar-refractivity contribution >= 4 is 34.3 Å². The molecule has 0 radical (unpaired) electrons. The molecular formula is C29H18ClFN2O4. The second-order valence-electron chi connectivity index (χ2n) is 8.57. The molecule has 37 heavy (non-hydrogen) atoms. The standard InChI is InChI=1S/C29H18ClFN2O4/c30-19-9-7-17(8-10-19)16-36-21-5-3-4-18(14-21)26-25-27(34)22-15-20(31)11-12-23(22)37-28(25)29(35)33(26)24-6-1-2-13-32-24/h1-15,26H,16H2. The summed E-state index contributed by atoms with van der Waals surface area (Å²) in [5, 5.41) is 0.700. The Kier molecular flexibility index (Phi) is 5.70. The fourth-order valence-electron chi connectivity index (χ4n) is 4.51. The lowest BCUT2D eigenvalue weighted by Gasteiger charge is -2.24. The van der Waals surface area contributed by atoms with E-state index in [1.165, 1.54) is 17.0 Å². The molecule has 6 rings (SSSR count). The van der Waals surface area contributed by atoms with E-state index in [1.54, 1.807) is 60.8 Å². The average molecular weight is 513 g/mol. The number of pyridine rings is 1. The van der Waals surface area contributed by atoms with E-state index in [-0.39, 0.29) is 22.3 Å². The van der Waals surface area contributed by atoms with Crippen LogP contribution >= 0.6 is 11.6 Å². The predicted molar refractivity (Wildman–Crippen MR) is 138 cm³/mol. The lowest BCUT2D eigenvalue weighted by molar-refractivity contribution is 0.0970. The molecule has 1 aliphatic rings. The molecule has 3 aromatic carbocycles. The number of ether oxygens (including phenoxy) is 1. The zero-order chi connectivity index (χ0) is 25.5. The van der Waals surface area contributed by atoms with Crippen molar-refractivity contribution in [2.45, 2.75) is 12.6 Å². The van der Waals surface area contributed by atoms with Crippen molar-refractivity contribution < 1.29 is 18.3 Å². The lowest BCUT2D eigenvalue weighted by atomic mass is 9.98. The van der Waals surface area contributed by atoms with Crippen molar-refractivity contribution in [3.8, 4) is 5.75 Å². The van der Waals surface area contributed by atoms with Gasteiger partial charge >= 0.3 is 0 Å². The van der Waals surface area contributed by atoms with Crippen LogP contribution in [0.1, 0.15) is 33.3 Å². The molecule has 6 nitrogen and oxygen atoms in total. The highest BCUT2D eigenvalue weighted by molar-refractivity contribution is 6.30. The Morgan fingerprint density at radius 1 is 0.973 bits per heavy atom. The number of halogens is 2. The molecule has 0 fully saturated rings. The third kappa shape index (κ3) is 4.13. The van der Waals surface area contributed by atoms with E-state index in [1.807, 2.05) is 12.1 Å². The van der Waals surface area contributed by atoms with Gasteiger partial charge in [0.1, 0.15) is 29.6 Å². The van der Waals surface area contributed by atoms with Gasteiger partial charge < -0.3 is 9.15 Å². The zero-order valence-electron chi connectivity index (χ0n) is 19.2. The van der Waals surface area contributed by atoms with Gasteiger partial charge in [0.05, 0.1) is 17.0 Å². The highest BCUT2D eigenvalue weighted by Gasteiger charge is 2.44. The number of anilines is 1. The van der Waals surface area contributed by atoms with E-state index < -0.39 is 23.2 Å². The summed E-state index contributed by atoms with van der Waals surface area (Å²) in [6, 6.07) is 22.4. The second-order valence-corrected chi connectivity index (χ2v) is 9.00. The van der Waals surface area contributed by atoms with Crippen molar-refractivity contribution in [1.29, 1.82) is 0 Å². The molecule has 1 amide bonds. The monoisotopic (exact) mass is 512 g/mol. The van der Waals surface area contributed by atoms with Crippen LogP contribution in [-0.2, 0) is 6.61 Å². The summed E-state index contributed by atoms with van der Waals surface area (Å²) in [5.74, 6) is -0.266. The van der Waals surface area contributed by atoms with Crippen LogP contribution in [-0.4, -0.2) is 10.9 Å². The van der Waals surface area contributed by atoms with Crippen LogP contribution in [0, 0.1) is 5.82 Å². The number of nitrogens with zero attached hydrogens (tertiary/aromatic N) is 2. The first-order valence-corrected chi connectivity index (χ1v) is 11.9. The fraction of sp³-hybridized carbons (Fsp3) is 0.0690. The molecule has 0 saturated carbocycles. The van der Waals surface area contributed by atoms with Gasteiger partial charge in [-0.15, -0.1) is 0 Å². The van der Waals surface area contributed by atoms with Gasteiger partial charge in [-0.05, 0) is 65.7 Å². The number of amides is 1. The van der Waals surface area contributed by atoms with E-state index in [9.17, 15) is 14.0 Å². The summed E-state index contributed by atoms with van der Waals surface area (Å²) in [6.45, 7) is 0.302. The van der Waals surface area contributed by atoms with E-state index in [2.05, 4.69) is 4.98 Å². The van der Waals surface area contributed by atoms with E-state index in [4.69, 9.17) is 20.8 Å². The van der Waals surface area contributed by atoms with E-state index >= 15 is 0 Å². The van der Waals surface area contributed by atoms with Gasteiger partial charge in [-0.2, -0.15) is 0 Å². The van der Waals surface area contributed by atoms with Gasteiger partial charge in [0.2, 0.25) is 5.76 Å². The molecule has 5 aromatic rings. The molecule has 1 atom stereocenters. The van der Waals surface area contributed by atoms with Crippen LogP contribution in [0.5, 0.6) is 5.75 Å². The van der Waals surface area contributed by atoms with Crippen molar-refractivity contribution in [2.24, 2.45) is 0 Å². The molecule has 0 spiro atoms. The number of benzene rings is 3. The number of hydrogen-bond donors (Lipinski definition) is 0. The topological polar surface area (TPSA) is 72.6 Å². The average Bonchev–Trinajstić information content (AvgIpc) is 3.22. The number of rotatable bonds is 5. The minimum Gasteiger partial charge on any atom is -0.489 e. The molecule has 182 valence electrons. The summed E-state index contributed by atoms with van der Waals surface area (Å²) in [7, 11) is 0. The van der Waals surface area contributed by atoms with Gasteiger partial charge in [0.15, 0.2) is 5.43 Å². The molecule has 3 heterocycles. The molecule has 0 saturated heterocycles. The largest absolute Gasteiger partial charge is 0.489 e. The van der Waals surface area contributed by atoms with E-state index in [0.29, 0.717) is 28.8 Å². The highest BCUT2D eigenvalue weighted by atomic mass is 35.5. The van der Waals surface area contributed by atoms with Gasteiger partial charge in [-0.25, -0.2) is 9.37 Å². The molecule has 0 bridgehead atoms. The van der Waals surface area contributed by atoms with Crippen molar-refractivity contribution in [3.63, 3.8) is 0 Å². The maximum atomic E-state index is 14.0. The lowest BCUT2D eigenvalue weighted by Crippen LogP contribution is -2.30. The zero-order valence-corrected chi connectivity index (χ0v) is 20.0. The Morgan fingerprint density at radius 3 is 2.59 bits per heavy atom. The highest BCUT2D eigenvalue weighted by Crippen LogP contribution is 2.41. The number of carbonyl (C=O) groups is 1. The summed E-state index contributed by atoms with van der Waals surface area (Å²) < 4.78 is 25.9. The van der Waals surface area contributed by atoms with Gasteiger partial charge in [0.25, 0.3) is 5.91 Å². The second kappa shape index (κ2) is 9.19. The SMILES string of the molecule is O=C1c2oc3ccc(F)cc3c(=O)c2C(c2cccc(OCc3ccc(Cl)cc3)c2)N1c1ccccn1. The summed E-state index contributed by atoms with van der Waals surface area (Å²) >= 11 is 5.97. The Morgan fingerprint density at radius 2 is 1.81 bits per heavy atom. The summed E-state index contributed by atoms with van der Waals surface area (Å²) in [6.07, 6.45) is 1.56.